The number of benzene rings is 1. The summed E-state index contributed by atoms with van der Waals surface area (Å²) in [4.78, 5) is 11.9. The van der Waals surface area contributed by atoms with E-state index in [1.165, 1.54) is 33.3 Å². The topological polar surface area (TPSA) is 111 Å². The first kappa shape index (κ1) is 19.4. The molecule has 1 unspecified atom stereocenters. The van der Waals surface area contributed by atoms with Crippen molar-refractivity contribution in [3.8, 4) is 5.75 Å². The molecule has 23 heavy (non-hydrogen) atoms. The zero-order chi connectivity index (χ0) is 17.6. The molecular formula is C14H23N3O5S. The van der Waals surface area contributed by atoms with Crippen LogP contribution < -0.4 is 15.8 Å². The average molecular weight is 345 g/mol. The molecule has 9 heteroatoms. The van der Waals surface area contributed by atoms with Crippen molar-refractivity contribution in [2.75, 3.05) is 39.7 Å². The predicted octanol–water partition coefficient (Wildman–Crippen LogP) is 0.248. The van der Waals surface area contributed by atoms with Gasteiger partial charge in [-0.15, -0.1) is 0 Å². The summed E-state index contributed by atoms with van der Waals surface area (Å²) in [6.45, 7) is 2.14. The molecule has 0 aliphatic heterocycles. The largest absolute Gasteiger partial charge is 0.492 e. The van der Waals surface area contributed by atoms with E-state index in [-0.39, 0.29) is 17.3 Å². The van der Waals surface area contributed by atoms with Crippen LogP contribution >= 0.6 is 0 Å². The van der Waals surface area contributed by atoms with E-state index in [9.17, 15) is 13.2 Å². The maximum atomic E-state index is 12.4. The van der Waals surface area contributed by atoms with E-state index in [0.29, 0.717) is 12.3 Å². The Labute approximate surface area is 136 Å². The van der Waals surface area contributed by atoms with Gasteiger partial charge in [-0.05, 0) is 25.1 Å². The van der Waals surface area contributed by atoms with Crippen LogP contribution in [-0.4, -0.2) is 59.1 Å². The van der Waals surface area contributed by atoms with Gasteiger partial charge in [0.25, 0.3) is 0 Å². The summed E-state index contributed by atoms with van der Waals surface area (Å²) in [6.07, 6.45) is 0. The first-order chi connectivity index (χ1) is 10.7. The average Bonchev–Trinajstić information content (AvgIpc) is 2.48. The summed E-state index contributed by atoms with van der Waals surface area (Å²) in [7, 11) is 0.562. The van der Waals surface area contributed by atoms with Crippen molar-refractivity contribution in [3.05, 3.63) is 18.2 Å². The number of hydrogen-bond acceptors (Lipinski definition) is 6. The molecule has 0 bridgehead atoms. The number of nitrogens with two attached hydrogens (primary N) is 1. The van der Waals surface area contributed by atoms with E-state index >= 15 is 0 Å². The van der Waals surface area contributed by atoms with Crippen LogP contribution in [0.5, 0.6) is 5.75 Å². The smallest absolute Gasteiger partial charge is 0.246 e. The maximum Gasteiger partial charge on any atom is 0.246 e. The molecule has 0 heterocycles. The molecule has 1 amide bonds. The van der Waals surface area contributed by atoms with E-state index in [1.807, 2.05) is 0 Å². The fraction of sp³-hybridized carbons (Fsp3) is 0.500. The zero-order valence-electron chi connectivity index (χ0n) is 13.7. The third-order valence-electron chi connectivity index (χ3n) is 2.95. The summed E-state index contributed by atoms with van der Waals surface area (Å²) < 4.78 is 36.0. The van der Waals surface area contributed by atoms with E-state index in [4.69, 9.17) is 15.2 Å². The number of nitrogens with zero attached hydrogens (tertiary/aromatic N) is 1. The number of hydrogen-bond donors (Lipinski definition) is 2. The van der Waals surface area contributed by atoms with Gasteiger partial charge < -0.3 is 20.5 Å². The number of rotatable bonds is 8. The quantitative estimate of drug-likeness (QED) is 0.698. The Bertz CT molecular complexity index is 646. The summed E-state index contributed by atoms with van der Waals surface area (Å²) in [6, 6.07) is 3.55. The van der Waals surface area contributed by atoms with Crippen molar-refractivity contribution < 1.29 is 22.7 Å². The molecule has 0 fully saturated rings. The summed E-state index contributed by atoms with van der Waals surface area (Å²) in [5, 5.41) is 2.56. The van der Waals surface area contributed by atoms with E-state index in [0.717, 1.165) is 4.31 Å². The molecule has 1 rings (SSSR count). The van der Waals surface area contributed by atoms with E-state index < -0.39 is 22.0 Å². The maximum absolute atomic E-state index is 12.4. The lowest BCUT2D eigenvalue weighted by Crippen LogP contribution is -2.39. The van der Waals surface area contributed by atoms with Crippen LogP contribution in [0.1, 0.15) is 6.92 Å². The molecule has 3 N–H and O–H groups in total. The second-order valence-corrected chi connectivity index (χ2v) is 7.05. The van der Waals surface area contributed by atoms with E-state index in [2.05, 4.69) is 5.32 Å². The minimum atomic E-state index is -3.72. The summed E-state index contributed by atoms with van der Waals surface area (Å²) in [5.74, 6) is -0.246. The summed E-state index contributed by atoms with van der Waals surface area (Å²) in [5.41, 5.74) is 5.95. The van der Waals surface area contributed by atoms with Gasteiger partial charge in [0.05, 0.1) is 13.2 Å². The molecule has 0 radical (unpaired) electrons. The van der Waals surface area contributed by atoms with Crippen LogP contribution in [0.15, 0.2) is 23.1 Å². The van der Waals surface area contributed by atoms with Gasteiger partial charge in [0, 0.05) is 26.9 Å². The predicted molar refractivity (Wildman–Crippen MR) is 87.0 cm³/mol. The van der Waals surface area contributed by atoms with Gasteiger partial charge in [-0.1, -0.05) is 0 Å². The van der Waals surface area contributed by atoms with Gasteiger partial charge in [0.15, 0.2) is 0 Å². The van der Waals surface area contributed by atoms with Crippen LogP contribution in [0, 0.1) is 0 Å². The van der Waals surface area contributed by atoms with Crippen LogP contribution in [-0.2, 0) is 19.6 Å². The molecule has 130 valence electrons. The number of anilines is 1. The van der Waals surface area contributed by atoms with Crippen molar-refractivity contribution in [2.45, 2.75) is 17.9 Å². The molecule has 1 aromatic carbocycles. The highest BCUT2D eigenvalue weighted by Crippen LogP contribution is 2.29. The van der Waals surface area contributed by atoms with Crippen molar-refractivity contribution in [3.63, 3.8) is 0 Å². The third kappa shape index (κ3) is 4.90. The molecule has 8 nitrogen and oxygen atoms in total. The Kier molecular flexibility index (Phi) is 6.95. The zero-order valence-corrected chi connectivity index (χ0v) is 14.5. The van der Waals surface area contributed by atoms with Crippen LogP contribution in [0.4, 0.5) is 5.69 Å². The SMILES string of the molecule is CCOc1ccc(NC(=O)C(N)COC)cc1S(=O)(=O)N(C)C. The van der Waals surface area contributed by atoms with Crippen molar-refractivity contribution in [2.24, 2.45) is 5.73 Å². The van der Waals surface area contributed by atoms with Gasteiger partial charge in [-0.2, -0.15) is 0 Å². The Morgan fingerprint density at radius 3 is 2.57 bits per heavy atom. The van der Waals surface area contributed by atoms with Crippen molar-refractivity contribution >= 4 is 21.6 Å². The lowest BCUT2D eigenvalue weighted by atomic mass is 10.2. The first-order valence-electron chi connectivity index (χ1n) is 6.98. The summed E-state index contributed by atoms with van der Waals surface area (Å²) >= 11 is 0. The standard InChI is InChI=1S/C14H23N3O5S/c1-5-22-12-7-6-10(16-14(18)11(15)9-21-4)8-13(12)23(19,20)17(2)3/h6-8,11H,5,9,15H2,1-4H3,(H,16,18). The minimum Gasteiger partial charge on any atom is -0.492 e. The number of nitrogens with one attached hydrogen (secondary N) is 1. The number of carbonyl (C=O) groups is 1. The molecule has 0 saturated carbocycles. The molecule has 1 atom stereocenters. The Balaban J connectivity index is 3.17. The number of sulfonamides is 1. The van der Waals surface area contributed by atoms with Crippen LogP contribution in [0.25, 0.3) is 0 Å². The van der Waals surface area contributed by atoms with Gasteiger partial charge in [-0.25, -0.2) is 12.7 Å². The lowest BCUT2D eigenvalue weighted by Gasteiger charge is -2.17. The molecular weight excluding hydrogens is 322 g/mol. The molecule has 0 aliphatic carbocycles. The third-order valence-corrected chi connectivity index (χ3v) is 4.79. The van der Waals surface area contributed by atoms with Crippen LogP contribution in [0.3, 0.4) is 0 Å². The molecule has 1 aromatic rings. The highest BCUT2D eigenvalue weighted by atomic mass is 32.2. The number of methoxy groups -OCH3 is 1. The molecule has 0 spiro atoms. The van der Waals surface area contributed by atoms with Gasteiger partial charge in [0.1, 0.15) is 16.7 Å². The number of carbonyl (C=O) groups excluding carboxylic acids is 1. The van der Waals surface area contributed by atoms with Gasteiger partial charge in [-0.3, -0.25) is 4.79 Å². The van der Waals surface area contributed by atoms with Crippen LogP contribution in [0.2, 0.25) is 0 Å². The molecule has 0 saturated heterocycles. The fourth-order valence-corrected chi connectivity index (χ4v) is 2.80. The number of amides is 1. The normalized spacial score (nSPS) is 13.0. The van der Waals surface area contributed by atoms with Crippen molar-refractivity contribution in [1.82, 2.24) is 4.31 Å². The Hall–Kier alpha value is -1.68. The Morgan fingerprint density at radius 2 is 2.04 bits per heavy atom. The lowest BCUT2D eigenvalue weighted by molar-refractivity contribution is -0.118. The molecule has 0 aliphatic rings. The monoisotopic (exact) mass is 345 g/mol. The van der Waals surface area contributed by atoms with Gasteiger partial charge >= 0.3 is 0 Å². The van der Waals surface area contributed by atoms with Gasteiger partial charge in [0.2, 0.25) is 15.9 Å². The Morgan fingerprint density at radius 1 is 1.39 bits per heavy atom. The first-order valence-corrected chi connectivity index (χ1v) is 8.42. The van der Waals surface area contributed by atoms with Crippen molar-refractivity contribution in [1.29, 1.82) is 0 Å². The fourth-order valence-electron chi connectivity index (χ4n) is 1.75. The van der Waals surface area contributed by atoms with E-state index in [1.54, 1.807) is 13.0 Å². The second-order valence-electron chi connectivity index (χ2n) is 4.93. The highest BCUT2D eigenvalue weighted by Gasteiger charge is 2.23. The highest BCUT2D eigenvalue weighted by molar-refractivity contribution is 7.89. The minimum absolute atomic E-state index is 0.0255. The number of ether oxygens (including phenoxy) is 2. The molecule has 0 aromatic heterocycles. The second kappa shape index (κ2) is 8.25.